The quantitative estimate of drug-likeness (QED) is 0.489. The fourth-order valence-corrected chi connectivity index (χ4v) is 3.32. The number of benzene rings is 1. The number of tetrazole rings is 1. The number of carboxylic acid groups (broad SMARTS) is 1. The van der Waals surface area contributed by atoms with E-state index < -0.39 is 29.9 Å². The van der Waals surface area contributed by atoms with Crippen LogP contribution >= 0.6 is 11.6 Å². The summed E-state index contributed by atoms with van der Waals surface area (Å²) in [5.41, 5.74) is 1.01. The fraction of sp³-hybridized carbons (Fsp3) is 0.350. The Balaban J connectivity index is 1.41. The number of carbonyl (C=O) groups is 2. The van der Waals surface area contributed by atoms with Gasteiger partial charge < -0.3 is 19.9 Å². The molecule has 12 nitrogen and oxygen atoms in total. The third-order valence-electron chi connectivity index (χ3n) is 4.80. The van der Waals surface area contributed by atoms with E-state index in [1.807, 2.05) is 0 Å². The van der Waals surface area contributed by atoms with Crippen LogP contribution in [0.25, 0.3) is 11.5 Å². The number of rotatable bonds is 7. The molecule has 14 heteroatoms. The summed E-state index contributed by atoms with van der Waals surface area (Å²) >= 11 is 5.77. The van der Waals surface area contributed by atoms with Crippen molar-refractivity contribution in [2.45, 2.75) is 32.2 Å². The van der Waals surface area contributed by atoms with Gasteiger partial charge in [0.15, 0.2) is 6.10 Å². The van der Waals surface area contributed by atoms with Crippen LogP contribution in [-0.2, 0) is 27.4 Å². The summed E-state index contributed by atoms with van der Waals surface area (Å²) in [6, 6.07) is 5.60. The van der Waals surface area contributed by atoms with E-state index in [0.29, 0.717) is 17.1 Å². The molecule has 1 aliphatic heterocycles. The monoisotopic (exact) mass is 491 g/mol. The van der Waals surface area contributed by atoms with Gasteiger partial charge in [0.2, 0.25) is 5.82 Å². The zero-order chi connectivity index (χ0) is 24.2. The largest absolute Gasteiger partial charge is 0.479 e. The fourth-order valence-electron chi connectivity index (χ4n) is 3.12. The van der Waals surface area contributed by atoms with Crippen molar-refractivity contribution in [3.8, 4) is 11.5 Å². The summed E-state index contributed by atoms with van der Waals surface area (Å²) in [5.74, 6) is -1.60. The third-order valence-corrected chi connectivity index (χ3v) is 5.09. The molecule has 0 spiro atoms. The molecule has 2 unspecified atom stereocenters. The minimum Gasteiger partial charge on any atom is -0.479 e. The van der Waals surface area contributed by atoms with Gasteiger partial charge in [0, 0.05) is 6.54 Å². The molecule has 2 N–H and O–H groups in total. The lowest BCUT2D eigenvalue weighted by Gasteiger charge is -2.26. The van der Waals surface area contributed by atoms with Crippen molar-refractivity contribution >= 4 is 23.5 Å². The number of aromatic nitrogens is 6. The zero-order valence-electron chi connectivity index (χ0n) is 17.8. The Kier molecular flexibility index (Phi) is 7.05. The van der Waals surface area contributed by atoms with Crippen molar-refractivity contribution in [2.24, 2.45) is 0 Å². The summed E-state index contributed by atoms with van der Waals surface area (Å²) in [6.07, 6.45) is -1.43. The molecule has 0 aliphatic carbocycles. The molecule has 34 heavy (non-hydrogen) atoms. The van der Waals surface area contributed by atoms with Gasteiger partial charge in [-0.05, 0) is 35.9 Å². The molecule has 178 valence electrons. The molecule has 1 amide bonds. The lowest BCUT2D eigenvalue weighted by atomic mass is 10.2. The molecule has 1 aromatic carbocycles. The van der Waals surface area contributed by atoms with Crippen LogP contribution in [0.3, 0.4) is 0 Å². The van der Waals surface area contributed by atoms with Gasteiger partial charge in [-0.3, -0.25) is 4.79 Å². The molecule has 0 radical (unpaired) electrons. The van der Waals surface area contributed by atoms with Crippen molar-refractivity contribution in [3.05, 3.63) is 52.2 Å². The minimum absolute atomic E-state index is 0.0343. The van der Waals surface area contributed by atoms with Crippen LogP contribution in [0.5, 0.6) is 0 Å². The summed E-state index contributed by atoms with van der Waals surface area (Å²) in [7, 11) is 0. The van der Waals surface area contributed by atoms with Crippen LogP contribution in [0, 0.1) is 12.7 Å². The Morgan fingerprint density at radius 1 is 1.26 bits per heavy atom. The van der Waals surface area contributed by atoms with Gasteiger partial charge in [-0.25, -0.2) is 19.2 Å². The second-order valence-electron chi connectivity index (χ2n) is 7.40. The molecule has 3 heterocycles. The number of halogens is 2. The Hall–Kier alpha value is -3.55. The molecular formula is C20H19ClFN7O5. The first-order valence-corrected chi connectivity index (χ1v) is 10.5. The number of aliphatic carboxylic acids is 1. The van der Waals surface area contributed by atoms with Crippen LogP contribution in [0.4, 0.5) is 4.39 Å². The lowest BCUT2D eigenvalue weighted by molar-refractivity contribution is -0.177. The predicted octanol–water partition coefficient (Wildman–Crippen LogP) is 1.03. The van der Waals surface area contributed by atoms with Crippen LogP contribution in [-0.4, -0.2) is 72.6 Å². The van der Waals surface area contributed by atoms with Gasteiger partial charge >= 0.3 is 5.97 Å². The van der Waals surface area contributed by atoms with E-state index in [4.69, 9.17) is 26.2 Å². The number of hydrogen-bond donors (Lipinski definition) is 2. The summed E-state index contributed by atoms with van der Waals surface area (Å²) in [5, 5.41) is 23.8. The van der Waals surface area contributed by atoms with Crippen molar-refractivity contribution in [1.29, 1.82) is 0 Å². The highest BCUT2D eigenvalue weighted by molar-refractivity contribution is 6.30. The smallest absolute Gasteiger partial charge is 0.335 e. The van der Waals surface area contributed by atoms with Crippen molar-refractivity contribution in [3.63, 3.8) is 0 Å². The van der Waals surface area contributed by atoms with Crippen molar-refractivity contribution < 1.29 is 28.6 Å². The van der Waals surface area contributed by atoms with E-state index >= 15 is 0 Å². The second kappa shape index (κ2) is 10.2. The second-order valence-corrected chi connectivity index (χ2v) is 7.81. The van der Waals surface area contributed by atoms with Gasteiger partial charge in [0.1, 0.15) is 29.1 Å². The number of amides is 1. The Bertz CT molecular complexity index is 1220. The highest BCUT2D eigenvalue weighted by Gasteiger charge is 2.28. The molecule has 0 saturated carbocycles. The predicted molar refractivity (Wildman–Crippen MR) is 113 cm³/mol. The average molecular weight is 492 g/mol. The topological polar surface area (TPSA) is 154 Å². The van der Waals surface area contributed by atoms with Gasteiger partial charge in [-0.2, -0.15) is 4.80 Å². The number of carbonyl (C=O) groups excluding carboxylic acids is 1. The number of aryl methyl sites for hydroxylation is 1. The number of nitrogens with zero attached hydrogens (tertiary/aromatic N) is 6. The van der Waals surface area contributed by atoms with E-state index in [-0.39, 0.29) is 42.8 Å². The number of carboxylic acids is 1. The first kappa shape index (κ1) is 23.6. The Labute approximate surface area is 197 Å². The molecule has 1 fully saturated rings. The molecule has 1 saturated heterocycles. The van der Waals surface area contributed by atoms with Gasteiger partial charge in [-0.15, -0.1) is 10.2 Å². The van der Waals surface area contributed by atoms with Crippen LogP contribution in [0.15, 0.2) is 24.3 Å². The highest BCUT2D eigenvalue weighted by Crippen LogP contribution is 2.17. The molecule has 0 bridgehead atoms. The number of nitrogens with one attached hydrogen (secondary N) is 1. The van der Waals surface area contributed by atoms with E-state index in [1.54, 1.807) is 6.92 Å². The van der Waals surface area contributed by atoms with Crippen LogP contribution in [0.2, 0.25) is 5.02 Å². The molecule has 4 rings (SSSR count). The molecule has 3 aromatic rings. The zero-order valence-corrected chi connectivity index (χ0v) is 18.6. The van der Waals surface area contributed by atoms with Crippen molar-refractivity contribution in [1.82, 2.24) is 35.5 Å². The first-order chi connectivity index (χ1) is 16.3. The maximum Gasteiger partial charge on any atom is 0.335 e. The number of hydrogen-bond acceptors (Lipinski definition) is 9. The summed E-state index contributed by atoms with van der Waals surface area (Å²) in [6.45, 7) is 1.94. The van der Waals surface area contributed by atoms with Crippen molar-refractivity contribution in [2.75, 3.05) is 13.2 Å². The standard InChI is InChI=1S/C20H19ClFN7O5/c1-10-24-15(5-16(25-10)19(30)23-6-11-2-3-14(22)13(21)4-11)18-26-28-29(27-18)7-12-8-34-17(9-33-12)20(31)32/h2-5,12,17H,6-9H2,1H3,(H,23,30)(H,31,32). The first-order valence-electron chi connectivity index (χ1n) is 10.1. The normalized spacial score (nSPS) is 18.0. The molecule has 2 aromatic heterocycles. The highest BCUT2D eigenvalue weighted by atomic mass is 35.5. The van der Waals surface area contributed by atoms with Gasteiger partial charge in [0.05, 0.1) is 24.8 Å². The third kappa shape index (κ3) is 5.68. The number of ether oxygens (including phenoxy) is 2. The SMILES string of the molecule is Cc1nc(C(=O)NCc2ccc(F)c(Cl)c2)cc(-c2nnn(CC3COC(C(=O)O)CO3)n2)n1. The maximum absolute atomic E-state index is 13.3. The molecular weight excluding hydrogens is 473 g/mol. The average Bonchev–Trinajstić information content (AvgIpc) is 3.28. The van der Waals surface area contributed by atoms with Gasteiger partial charge in [-0.1, -0.05) is 17.7 Å². The Morgan fingerprint density at radius 3 is 2.79 bits per heavy atom. The van der Waals surface area contributed by atoms with E-state index in [1.165, 1.54) is 29.1 Å². The molecule has 2 atom stereocenters. The minimum atomic E-state index is -1.08. The van der Waals surface area contributed by atoms with Crippen LogP contribution < -0.4 is 5.32 Å². The van der Waals surface area contributed by atoms with Crippen LogP contribution in [0.1, 0.15) is 21.9 Å². The maximum atomic E-state index is 13.3. The summed E-state index contributed by atoms with van der Waals surface area (Å²) < 4.78 is 24.0. The van der Waals surface area contributed by atoms with E-state index in [9.17, 15) is 14.0 Å². The molecule has 1 aliphatic rings. The van der Waals surface area contributed by atoms with Gasteiger partial charge in [0.25, 0.3) is 5.91 Å². The Morgan fingerprint density at radius 2 is 2.09 bits per heavy atom. The van der Waals surface area contributed by atoms with E-state index in [0.717, 1.165) is 0 Å². The lowest BCUT2D eigenvalue weighted by Crippen LogP contribution is -2.42. The van der Waals surface area contributed by atoms with E-state index in [2.05, 4.69) is 30.7 Å². The summed E-state index contributed by atoms with van der Waals surface area (Å²) in [4.78, 5) is 33.2.